The zero-order valence-corrected chi connectivity index (χ0v) is 18.2. The molecule has 30 heavy (non-hydrogen) atoms. The maximum atomic E-state index is 13.6. The Hall–Kier alpha value is -2.41. The van der Waals surface area contributed by atoms with Crippen molar-refractivity contribution in [2.75, 3.05) is 20.3 Å². The topological polar surface area (TPSA) is 76.5 Å². The third-order valence-electron chi connectivity index (χ3n) is 6.80. The number of fused-ring (bicyclic) bond motifs is 3. The van der Waals surface area contributed by atoms with Crippen LogP contribution in [0.4, 0.5) is 0 Å². The van der Waals surface area contributed by atoms with E-state index in [4.69, 9.17) is 4.74 Å². The molecular formula is C23H32N4O3. The van der Waals surface area contributed by atoms with Crippen LogP contribution in [0.1, 0.15) is 56.6 Å². The minimum Gasteiger partial charge on any atom is -0.385 e. The average Bonchev–Trinajstić information content (AvgIpc) is 3.11. The van der Waals surface area contributed by atoms with Crippen LogP contribution in [0, 0.1) is 5.92 Å². The molecule has 1 N–H and O–H groups in total. The molecule has 2 aliphatic rings. The normalized spacial score (nSPS) is 26.6. The van der Waals surface area contributed by atoms with Gasteiger partial charge in [0.25, 0.3) is 5.91 Å². The summed E-state index contributed by atoms with van der Waals surface area (Å²) in [6.07, 6.45) is 5.16. The van der Waals surface area contributed by atoms with Crippen molar-refractivity contribution >= 4 is 22.8 Å². The number of aromatic nitrogens is 2. The van der Waals surface area contributed by atoms with Gasteiger partial charge in [-0.15, -0.1) is 0 Å². The largest absolute Gasteiger partial charge is 0.385 e. The molecule has 3 atom stereocenters. The molecule has 1 aliphatic carbocycles. The highest BCUT2D eigenvalue weighted by Crippen LogP contribution is 2.32. The Morgan fingerprint density at radius 2 is 2.07 bits per heavy atom. The van der Waals surface area contributed by atoms with E-state index in [0.29, 0.717) is 37.9 Å². The number of ether oxygens (including phenoxy) is 1. The van der Waals surface area contributed by atoms with Crippen LogP contribution in [0.15, 0.2) is 24.3 Å². The molecule has 1 aromatic carbocycles. The molecule has 2 aromatic rings. The molecule has 1 fully saturated rings. The van der Waals surface area contributed by atoms with Gasteiger partial charge in [0.15, 0.2) is 5.82 Å². The average molecular weight is 413 g/mol. The van der Waals surface area contributed by atoms with Crippen molar-refractivity contribution in [1.82, 2.24) is 19.8 Å². The van der Waals surface area contributed by atoms with Crippen LogP contribution in [-0.4, -0.2) is 58.1 Å². The Morgan fingerprint density at radius 3 is 2.83 bits per heavy atom. The summed E-state index contributed by atoms with van der Waals surface area (Å²) in [4.78, 5) is 33.4. The van der Waals surface area contributed by atoms with Crippen LogP contribution >= 0.6 is 0 Å². The molecule has 3 unspecified atom stereocenters. The zero-order chi connectivity index (χ0) is 21.3. The van der Waals surface area contributed by atoms with Gasteiger partial charge in [-0.2, -0.15) is 0 Å². The fraction of sp³-hybridized carbons (Fsp3) is 0.609. The smallest absolute Gasteiger partial charge is 0.290 e. The maximum absolute atomic E-state index is 13.6. The van der Waals surface area contributed by atoms with E-state index in [9.17, 15) is 9.59 Å². The van der Waals surface area contributed by atoms with Crippen molar-refractivity contribution < 1.29 is 14.3 Å². The van der Waals surface area contributed by atoms with Crippen molar-refractivity contribution in [2.45, 2.75) is 64.1 Å². The molecule has 0 saturated heterocycles. The van der Waals surface area contributed by atoms with Crippen LogP contribution in [-0.2, 0) is 16.1 Å². The van der Waals surface area contributed by atoms with Gasteiger partial charge in [-0.25, -0.2) is 4.98 Å². The first-order valence-corrected chi connectivity index (χ1v) is 11.0. The van der Waals surface area contributed by atoms with Crippen LogP contribution in [0.3, 0.4) is 0 Å². The van der Waals surface area contributed by atoms with E-state index < -0.39 is 5.54 Å². The standard InChI is InChI=1S/C23H32N4O3/c1-16-9-4-5-10-17(16)25-22(29)23(2)15-26-19-12-7-6-11-18(19)24-20(26)21(28)27(23)13-8-14-30-3/h6-7,11-12,16-17H,4-5,8-10,13-15H2,1-3H3,(H,25,29). The van der Waals surface area contributed by atoms with Crippen molar-refractivity contribution in [2.24, 2.45) is 5.92 Å². The maximum Gasteiger partial charge on any atom is 0.290 e. The fourth-order valence-electron chi connectivity index (χ4n) is 4.90. The number of nitrogens with zero attached hydrogens (tertiary/aromatic N) is 3. The predicted molar refractivity (Wildman–Crippen MR) is 115 cm³/mol. The summed E-state index contributed by atoms with van der Waals surface area (Å²) in [6.45, 7) is 5.49. The van der Waals surface area contributed by atoms with Crippen molar-refractivity contribution in [3.05, 3.63) is 30.1 Å². The molecule has 1 aliphatic heterocycles. The van der Waals surface area contributed by atoms with Gasteiger partial charge >= 0.3 is 0 Å². The molecule has 0 radical (unpaired) electrons. The lowest BCUT2D eigenvalue weighted by atomic mass is 9.85. The lowest BCUT2D eigenvalue weighted by Gasteiger charge is -2.44. The van der Waals surface area contributed by atoms with Gasteiger partial charge < -0.3 is 19.5 Å². The highest BCUT2D eigenvalue weighted by Gasteiger charge is 2.48. The highest BCUT2D eigenvalue weighted by molar-refractivity contribution is 6.01. The van der Waals surface area contributed by atoms with E-state index >= 15 is 0 Å². The Balaban J connectivity index is 1.68. The third-order valence-corrected chi connectivity index (χ3v) is 6.80. The Bertz CT molecular complexity index is 940. The summed E-state index contributed by atoms with van der Waals surface area (Å²) < 4.78 is 7.10. The summed E-state index contributed by atoms with van der Waals surface area (Å²) in [5, 5.41) is 3.29. The minimum absolute atomic E-state index is 0.0737. The van der Waals surface area contributed by atoms with E-state index in [1.54, 1.807) is 12.0 Å². The first-order valence-electron chi connectivity index (χ1n) is 11.0. The lowest BCUT2D eigenvalue weighted by molar-refractivity contribution is -0.134. The molecular weight excluding hydrogens is 380 g/mol. The predicted octanol–water partition coefficient (Wildman–Crippen LogP) is 2.98. The molecule has 2 heterocycles. The molecule has 1 saturated carbocycles. The number of carbonyl (C=O) groups is 2. The molecule has 0 bridgehead atoms. The van der Waals surface area contributed by atoms with Gasteiger partial charge in [-0.1, -0.05) is 31.9 Å². The number of imidazole rings is 1. The number of para-hydroxylation sites is 2. The van der Waals surface area contributed by atoms with Crippen LogP contribution in [0.5, 0.6) is 0 Å². The van der Waals surface area contributed by atoms with Gasteiger partial charge in [-0.05, 0) is 44.2 Å². The monoisotopic (exact) mass is 412 g/mol. The number of amides is 2. The zero-order valence-electron chi connectivity index (χ0n) is 18.2. The van der Waals surface area contributed by atoms with Gasteiger partial charge in [0.05, 0.1) is 17.6 Å². The Kier molecular flexibility index (Phi) is 5.82. The number of hydrogen-bond acceptors (Lipinski definition) is 4. The molecule has 162 valence electrons. The van der Waals surface area contributed by atoms with E-state index in [0.717, 1.165) is 30.3 Å². The third kappa shape index (κ3) is 3.60. The molecule has 2 amide bonds. The SMILES string of the molecule is COCCCN1C(=O)c2nc3ccccc3n2CC1(C)C(=O)NC1CCCCC1C. The van der Waals surface area contributed by atoms with Gasteiger partial charge in [0.2, 0.25) is 5.91 Å². The highest BCUT2D eigenvalue weighted by atomic mass is 16.5. The Labute approximate surface area is 177 Å². The van der Waals surface area contributed by atoms with E-state index in [-0.39, 0.29) is 17.9 Å². The summed E-state index contributed by atoms with van der Waals surface area (Å²) in [5.41, 5.74) is 0.698. The fourth-order valence-corrected chi connectivity index (χ4v) is 4.90. The van der Waals surface area contributed by atoms with E-state index in [1.165, 1.54) is 6.42 Å². The molecule has 7 heteroatoms. The summed E-state index contributed by atoms with van der Waals surface area (Å²) >= 11 is 0. The van der Waals surface area contributed by atoms with Crippen LogP contribution in [0.25, 0.3) is 11.0 Å². The van der Waals surface area contributed by atoms with Crippen molar-refractivity contribution in [1.29, 1.82) is 0 Å². The van der Waals surface area contributed by atoms with Crippen molar-refractivity contribution in [3.8, 4) is 0 Å². The lowest BCUT2D eigenvalue weighted by Crippen LogP contribution is -2.65. The molecule has 7 nitrogen and oxygen atoms in total. The first-order chi connectivity index (χ1) is 14.5. The number of hydrogen-bond donors (Lipinski definition) is 1. The first kappa shape index (κ1) is 20.8. The second-order valence-corrected chi connectivity index (χ2v) is 8.93. The molecule has 4 rings (SSSR count). The Morgan fingerprint density at radius 1 is 1.30 bits per heavy atom. The number of benzene rings is 1. The second kappa shape index (κ2) is 8.38. The van der Waals surface area contributed by atoms with Crippen LogP contribution in [0.2, 0.25) is 0 Å². The molecule has 0 spiro atoms. The molecule has 1 aromatic heterocycles. The number of methoxy groups -OCH3 is 1. The number of carbonyl (C=O) groups excluding carboxylic acids is 2. The summed E-state index contributed by atoms with van der Waals surface area (Å²) in [5.74, 6) is 0.598. The van der Waals surface area contributed by atoms with E-state index in [1.807, 2.05) is 35.8 Å². The van der Waals surface area contributed by atoms with Gasteiger partial charge in [0.1, 0.15) is 5.54 Å². The van der Waals surface area contributed by atoms with E-state index in [2.05, 4.69) is 17.2 Å². The summed E-state index contributed by atoms with van der Waals surface area (Å²) in [6, 6.07) is 7.89. The quantitative estimate of drug-likeness (QED) is 0.740. The number of nitrogens with one attached hydrogen (secondary N) is 1. The van der Waals surface area contributed by atoms with Gasteiger partial charge in [0, 0.05) is 26.3 Å². The van der Waals surface area contributed by atoms with Crippen LogP contribution < -0.4 is 5.32 Å². The number of rotatable bonds is 6. The second-order valence-electron chi connectivity index (χ2n) is 8.93. The van der Waals surface area contributed by atoms with Gasteiger partial charge in [-0.3, -0.25) is 9.59 Å². The van der Waals surface area contributed by atoms with Crippen molar-refractivity contribution in [3.63, 3.8) is 0 Å². The summed E-state index contributed by atoms with van der Waals surface area (Å²) in [7, 11) is 1.65. The minimum atomic E-state index is -0.974.